The van der Waals surface area contributed by atoms with Crippen LogP contribution in [0.15, 0.2) is 17.2 Å². The summed E-state index contributed by atoms with van der Waals surface area (Å²) in [5.74, 6) is 0.592. The molecule has 0 aromatic carbocycles. The molecule has 1 saturated heterocycles. The first-order valence-corrected chi connectivity index (χ1v) is 6.72. The minimum atomic E-state index is -0.00235. The molecule has 1 aliphatic heterocycles. The maximum Gasteiger partial charge on any atom is 0.293 e. The number of hydrogen-bond donors (Lipinski definition) is 1. The molecule has 1 aromatic rings. The Morgan fingerprint density at radius 1 is 1.44 bits per heavy atom. The number of aromatic nitrogens is 2. The van der Waals surface area contributed by atoms with Gasteiger partial charge in [-0.05, 0) is 25.8 Å². The minimum absolute atomic E-state index is 0.00235. The molecule has 18 heavy (non-hydrogen) atoms. The van der Waals surface area contributed by atoms with Crippen molar-refractivity contribution in [3.63, 3.8) is 0 Å². The third kappa shape index (κ3) is 2.90. The number of nitrogens with zero attached hydrogens (tertiary/aromatic N) is 3. The topological polar surface area (TPSA) is 50.2 Å². The van der Waals surface area contributed by atoms with Crippen molar-refractivity contribution in [2.24, 2.45) is 7.05 Å². The monoisotopic (exact) mass is 250 g/mol. The smallest absolute Gasteiger partial charge is 0.293 e. The van der Waals surface area contributed by atoms with Crippen molar-refractivity contribution in [3.05, 3.63) is 22.7 Å². The zero-order chi connectivity index (χ0) is 13.0. The van der Waals surface area contributed by atoms with E-state index in [1.165, 1.54) is 6.42 Å². The van der Waals surface area contributed by atoms with Crippen LogP contribution in [0.4, 0.5) is 5.82 Å². The second-order valence-corrected chi connectivity index (χ2v) is 4.88. The van der Waals surface area contributed by atoms with Gasteiger partial charge in [-0.25, -0.2) is 4.98 Å². The minimum Gasteiger partial charge on any atom is -0.352 e. The lowest BCUT2D eigenvalue weighted by atomic mass is 10.1. The SMILES string of the molecule is CCCNC1CCN(c2nccn(C)c2=O)CC1. The van der Waals surface area contributed by atoms with Gasteiger partial charge in [0.1, 0.15) is 0 Å². The van der Waals surface area contributed by atoms with E-state index >= 15 is 0 Å². The summed E-state index contributed by atoms with van der Waals surface area (Å²) in [5.41, 5.74) is -0.00235. The van der Waals surface area contributed by atoms with Crippen molar-refractivity contribution in [3.8, 4) is 0 Å². The molecule has 5 heteroatoms. The van der Waals surface area contributed by atoms with Crippen LogP contribution in [0, 0.1) is 0 Å². The van der Waals surface area contributed by atoms with Gasteiger partial charge in [0.25, 0.3) is 5.56 Å². The molecule has 0 radical (unpaired) electrons. The molecule has 0 atom stereocenters. The molecule has 0 spiro atoms. The number of piperidine rings is 1. The van der Waals surface area contributed by atoms with Crippen molar-refractivity contribution in [1.82, 2.24) is 14.9 Å². The molecule has 1 aromatic heterocycles. The average molecular weight is 250 g/mol. The van der Waals surface area contributed by atoms with Crippen molar-refractivity contribution >= 4 is 5.82 Å². The molecule has 1 N–H and O–H groups in total. The van der Waals surface area contributed by atoms with E-state index in [1.54, 1.807) is 24.0 Å². The van der Waals surface area contributed by atoms with Crippen LogP contribution in [0.5, 0.6) is 0 Å². The van der Waals surface area contributed by atoms with Crippen LogP contribution in [0.1, 0.15) is 26.2 Å². The molecule has 0 unspecified atom stereocenters. The highest BCUT2D eigenvalue weighted by molar-refractivity contribution is 5.36. The van der Waals surface area contributed by atoms with Crippen molar-refractivity contribution in [1.29, 1.82) is 0 Å². The van der Waals surface area contributed by atoms with Crippen molar-refractivity contribution < 1.29 is 0 Å². The molecule has 2 rings (SSSR count). The van der Waals surface area contributed by atoms with Crippen molar-refractivity contribution in [2.45, 2.75) is 32.2 Å². The highest BCUT2D eigenvalue weighted by atomic mass is 16.1. The standard InChI is InChI=1S/C13H22N4O/c1-3-6-14-11-4-8-17(9-5-11)12-13(18)16(2)10-7-15-12/h7,10-11,14H,3-6,8-9H2,1-2H3. The normalized spacial score (nSPS) is 17.1. The lowest BCUT2D eigenvalue weighted by molar-refractivity contribution is 0.413. The first-order valence-electron chi connectivity index (χ1n) is 6.72. The summed E-state index contributed by atoms with van der Waals surface area (Å²) in [6.07, 6.45) is 6.72. The van der Waals surface area contributed by atoms with Crippen LogP contribution < -0.4 is 15.8 Å². The molecule has 0 aliphatic carbocycles. The predicted octanol–water partition coefficient (Wildman–Crippen LogP) is 0.749. The van der Waals surface area contributed by atoms with Gasteiger partial charge in [-0.1, -0.05) is 6.92 Å². The Hall–Kier alpha value is -1.36. The highest BCUT2D eigenvalue weighted by Crippen LogP contribution is 2.14. The lowest BCUT2D eigenvalue weighted by Crippen LogP contribution is -2.45. The number of aryl methyl sites for hydroxylation is 1. The summed E-state index contributed by atoms with van der Waals surface area (Å²) < 4.78 is 1.59. The zero-order valence-electron chi connectivity index (χ0n) is 11.2. The lowest BCUT2D eigenvalue weighted by Gasteiger charge is -2.32. The van der Waals surface area contributed by atoms with E-state index in [4.69, 9.17) is 0 Å². The molecule has 2 heterocycles. The van der Waals surface area contributed by atoms with Gasteiger partial charge < -0.3 is 14.8 Å². The zero-order valence-corrected chi connectivity index (χ0v) is 11.2. The van der Waals surface area contributed by atoms with E-state index in [1.807, 2.05) is 0 Å². The number of rotatable bonds is 4. The highest BCUT2D eigenvalue weighted by Gasteiger charge is 2.21. The van der Waals surface area contributed by atoms with Gasteiger partial charge in [0.05, 0.1) is 0 Å². The van der Waals surface area contributed by atoms with E-state index in [2.05, 4.69) is 22.1 Å². The largest absolute Gasteiger partial charge is 0.352 e. The Morgan fingerprint density at radius 2 is 2.17 bits per heavy atom. The van der Waals surface area contributed by atoms with Crippen molar-refractivity contribution in [2.75, 3.05) is 24.5 Å². The maximum atomic E-state index is 12.0. The quantitative estimate of drug-likeness (QED) is 0.856. The molecule has 0 amide bonds. The fraction of sp³-hybridized carbons (Fsp3) is 0.692. The van der Waals surface area contributed by atoms with Crippen LogP contribution >= 0.6 is 0 Å². The Kier molecular flexibility index (Phi) is 4.36. The molecule has 1 aliphatic rings. The molecular formula is C13H22N4O. The second-order valence-electron chi connectivity index (χ2n) is 4.88. The molecule has 100 valence electrons. The molecule has 1 fully saturated rings. The van der Waals surface area contributed by atoms with E-state index in [-0.39, 0.29) is 5.56 Å². The van der Waals surface area contributed by atoms with Gasteiger partial charge in [-0.2, -0.15) is 0 Å². The first kappa shape index (κ1) is 13.1. The Morgan fingerprint density at radius 3 is 2.83 bits per heavy atom. The predicted molar refractivity (Wildman–Crippen MR) is 73.0 cm³/mol. The maximum absolute atomic E-state index is 12.0. The summed E-state index contributed by atoms with van der Waals surface area (Å²) in [4.78, 5) is 18.3. The third-order valence-corrected chi connectivity index (χ3v) is 3.48. The summed E-state index contributed by atoms with van der Waals surface area (Å²) in [5, 5.41) is 3.54. The Labute approximate surface area is 108 Å². The van der Waals surface area contributed by atoms with Gasteiger partial charge in [0.2, 0.25) is 0 Å². The van der Waals surface area contributed by atoms with Gasteiger partial charge >= 0.3 is 0 Å². The summed E-state index contributed by atoms with van der Waals surface area (Å²) >= 11 is 0. The number of nitrogens with one attached hydrogen (secondary N) is 1. The van der Waals surface area contributed by atoms with Crippen LogP contribution in [-0.2, 0) is 7.05 Å². The number of hydrogen-bond acceptors (Lipinski definition) is 4. The molecule has 5 nitrogen and oxygen atoms in total. The van der Waals surface area contributed by atoms with Gasteiger partial charge in [-0.15, -0.1) is 0 Å². The first-order chi connectivity index (χ1) is 8.72. The fourth-order valence-corrected chi connectivity index (χ4v) is 2.35. The fourth-order valence-electron chi connectivity index (χ4n) is 2.35. The number of anilines is 1. The van der Waals surface area contributed by atoms with Crippen LogP contribution in [0.25, 0.3) is 0 Å². The third-order valence-electron chi connectivity index (χ3n) is 3.48. The van der Waals surface area contributed by atoms with E-state index in [9.17, 15) is 4.79 Å². The van der Waals surface area contributed by atoms with Gasteiger partial charge in [0.15, 0.2) is 5.82 Å². The second kappa shape index (κ2) is 6.00. The molecule has 0 bridgehead atoms. The summed E-state index contributed by atoms with van der Waals surface area (Å²) in [6.45, 7) is 5.08. The van der Waals surface area contributed by atoms with Crippen LogP contribution in [0.2, 0.25) is 0 Å². The summed E-state index contributed by atoms with van der Waals surface area (Å²) in [7, 11) is 1.77. The van der Waals surface area contributed by atoms with Gasteiger partial charge in [-0.3, -0.25) is 4.79 Å². The van der Waals surface area contributed by atoms with E-state index in [0.29, 0.717) is 11.9 Å². The van der Waals surface area contributed by atoms with Crippen LogP contribution in [-0.4, -0.2) is 35.2 Å². The van der Waals surface area contributed by atoms with E-state index < -0.39 is 0 Å². The molecular weight excluding hydrogens is 228 g/mol. The van der Waals surface area contributed by atoms with Crippen LogP contribution in [0.3, 0.4) is 0 Å². The summed E-state index contributed by atoms with van der Waals surface area (Å²) in [6, 6.07) is 0.591. The van der Waals surface area contributed by atoms with E-state index in [0.717, 1.165) is 32.5 Å². The Balaban J connectivity index is 1.97. The van der Waals surface area contributed by atoms with Gasteiger partial charge in [0, 0.05) is 38.6 Å². The average Bonchev–Trinajstić information content (AvgIpc) is 2.40. The molecule has 0 saturated carbocycles. The Bertz CT molecular complexity index is 435.